The van der Waals surface area contributed by atoms with Crippen molar-refractivity contribution in [3.8, 4) is 22.8 Å². The molecule has 1 atom stereocenters. The molecule has 1 aromatic heterocycles. The van der Waals surface area contributed by atoms with Gasteiger partial charge in [0.2, 0.25) is 0 Å². The number of alkyl halides is 4. The quantitative estimate of drug-likeness (QED) is 0.143. The first-order valence-corrected chi connectivity index (χ1v) is 15.3. The fourth-order valence-corrected chi connectivity index (χ4v) is 5.69. The zero-order valence-electron chi connectivity index (χ0n) is 24.5. The smallest absolute Gasteiger partial charge is 0.406 e. The largest absolute Gasteiger partial charge is 0.573 e. The van der Waals surface area contributed by atoms with Crippen molar-refractivity contribution >= 4 is 34.9 Å². The van der Waals surface area contributed by atoms with Gasteiger partial charge in [-0.25, -0.2) is 23.8 Å². The molecule has 4 aromatic rings. The number of benzene rings is 3. The maximum atomic E-state index is 15.0. The molecule has 2 amide bonds. The molecule has 1 unspecified atom stereocenters. The van der Waals surface area contributed by atoms with Gasteiger partial charge in [-0.15, -0.1) is 18.3 Å². The van der Waals surface area contributed by atoms with Gasteiger partial charge in [-0.1, -0.05) is 61.5 Å². The van der Waals surface area contributed by atoms with E-state index in [0.29, 0.717) is 22.2 Å². The Morgan fingerprint density at radius 3 is 2.58 bits per heavy atom. The van der Waals surface area contributed by atoms with Crippen LogP contribution in [0.2, 0.25) is 0 Å². The minimum Gasteiger partial charge on any atom is -0.406 e. The molecule has 13 heteroatoms. The third-order valence-corrected chi connectivity index (χ3v) is 7.92. The molecular weight excluding hydrogens is 608 g/mol. The van der Waals surface area contributed by atoms with Crippen LogP contribution in [0.4, 0.5) is 28.0 Å². The van der Waals surface area contributed by atoms with Crippen molar-refractivity contribution in [2.45, 2.75) is 45.6 Å². The number of nitrogens with zero attached hydrogens (tertiary/aromatic N) is 6. The first kappa shape index (κ1) is 31.9. The number of halogens is 4. The van der Waals surface area contributed by atoms with Gasteiger partial charge in [0.25, 0.3) is 0 Å². The summed E-state index contributed by atoms with van der Waals surface area (Å²) < 4.78 is 57.5. The number of thioether (sulfide) groups is 1. The van der Waals surface area contributed by atoms with Crippen molar-refractivity contribution in [2.24, 2.45) is 9.98 Å². The first-order valence-electron chi connectivity index (χ1n) is 14.3. The SMILES string of the molecule is CCCc1ccc(C)cc1N1CCCSC1=NC(=O)N=CC(F)c1ccc(-c2ncn(-c3ccc(OC(F)(F)F)cc3)n2)cc1. The lowest BCUT2D eigenvalue weighted by Gasteiger charge is -2.31. The summed E-state index contributed by atoms with van der Waals surface area (Å²) in [6, 6.07) is 17.0. The Bertz CT molecular complexity index is 1690. The summed E-state index contributed by atoms with van der Waals surface area (Å²) in [5, 5.41) is 4.91. The highest BCUT2D eigenvalue weighted by atomic mass is 32.2. The number of hydrogen-bond acceptors (Lipinski definition) is 5. The van der Waals surface area contributed by atoms with Gasteiger partial charge in [-0.3, -0.25) is 0 Å². The number of aliphatic imine (C=N–C) groups is 2. The van der Waals surface area contributed by atoms with Gasteiger partial charge in [0, 0.05) is 29.8 Å². The topological polar surface area (TPSA) is 85.0 Å². The van der Waals surface area contributed by atoms with E-state index in [2.05, 4.69) is 54.8 Å². The van der Waals surface area contributed by atoms with Gasteiger partial charge in [-0.2, -0.15) is 4.99 Å². The minimum atomic E-state index is -4.78. The molecule has 8 nitrogen and oxygen atoms in total. The predicted molar refractivity (Wildman–Crippen MR) is 168 cm³/mol. The summed E-state index contributed by atoms with van der Waals surface area (Å²) in [7, 11) is 0. The third kappa shape index (κ3) is 8.35. The van der Waals surface area contributed by atoms with Gasteiger partial charge in [0.1, 0.15) is 12.1 Å². The molecule has 1 aliphatic rings. The first-order chi connectivity index (χ1) is 21.6. The van der Waals surface area contributed by atoms with E-state index < -0.39 is 18.6 Å². The number of aromatic nitrogens is 3. The summed E-state index contributed by atoms with van der Waals surface area (Å²) in [6.07, 6.45) is -1.22. The van der Waals surface area contributed by atoms with E-state index in [-0.39, 0.29) is 11.3 Å². The van der Waals surface area contributed by atoms with Crippen molar-refractivity contribution in [2.75, 3.05) is 17.2 Å². The number of urea groups is 1. The number of amides is 2. The summed E-state index contributed by atoms with van der Waals surface area (Å²) in [5.41, 5.74) is 4.69. The maximum absolute atomic E-state index is 15.0. The van der Waals surface area contributed by atoms with Crippen molar-refractivity contribution < 1.29 is 27.1 Å². The van der Waals surface area contributed by atoms with E-state index in [1.54, 1.807) is 12.1 Å². The molecule has 2 heterocycles. The fraction of sp³-hybridized carbons (Fsp3) is 0.281. The molecule has 234 valence electrons. The van der Waals surface area contributed by atoms with E-state index in [1.807, 2.05) is 6.92 Å². The van der Waals surface area contributed by atoms with Crippen LogP contribution in [0.15, 0.2) is 83.0 Å². The Morgan fingerprint density at radius 2 is 1.87 bits per heavy atom. The average Bonchev–Trinajstić information content (AvgIpc) is 3.51. The van der Waals surface area contributed by atoms with Gasteiger partial charge in [-0.05, 0) is 66.8 Å². The second-order valence-corrected chi connectivity index (χ2v) is 11.3. The number of hydrogen-bond donors (Lipinski definition) is 0. The highest BCUT2D eigenvalue weighted by molar-refractivity contribution is 8.14. The molecule has 1 fully saturated rings. The van der Waals surface area contributed by atoms with Crippen LogP contribution in [0.1, 0.15) is 42.6 Å². The van der Waals surface area contributed by atoms with E-state index in [4.69, 9.17) is 0 Å². The van der Waals surface area contributed by atoms with E-state index in [0.717, 1.165) is 49.0 Å². The zero-order valence-corrected chi connectivity index (χ0v) is 25.4. The van der Waals surface area contributed by atoms with E-state index in [9.17, 15) is 18.0 Å². The van der Waals surface area contributed by atoms with Crippen LogP contribution in [0.3, 0.4) is 0 Å². The van der Waals surface area contributed by atoms with Crippen LogP contribution < -0.4 is 9.64 Å². The van der Waals surface area contributed by atoms with Gasteiger partial charge in [0.15, 0.2) is 17.2 Å². The molecule has 0 N–H and O–H groups in total. The lowest BCUT2D eigenvalue weighted by Crippen LogP contribution is -2.35. The molecule has 0 aliphatic carbocycles. The summed E-state index contributed by atoms with van der Waals surface area (Å²) in [4.78, 5) is 27.0. The monoisotopic (exact) mass is 638 g/mol. The lowest BCUT2D eigenvalue weighted by molar-refractivity contribution is -0.274. The molecular formula is C32H30F4N6O2S. The molecule has 3 aromatic carbocycles. The van der Waals surface area contributed by atoms with Crippen molar-refractivity contribution in [3.63, 3.8) is 0 Å². The molecule has 0 radical (unpaired) electrons. The molecule has 5 rings (SSSR count). The van der Waals surface area contributed by atoms with E-state index >= 15 is 4.39 Å². The van der Waals surface area contributed by atoms with Crippen molar-refractivity contribution in [3.05, 3.63) is 89.7 Å². The number of carbonyl (C=O) groups is 1. The molecule has 1 aliphatic heterocycles. The van der Waals surface area contributed by atoms with Crippen LogP contribution in [-0.2, 0) is 6.42 Å². The number of aryl methyl sites for hydroxylation is 2. The molecule has 0 bridgehead atoms. The van der Waals surface area contributed by atoms with Crippen molar-refractivity contribution in [1.82, 2.24) is 14.8 Å². The fourth-order valence-electron chi connectivity index (χ4n) is 4.74. The normalized spacial score (nSPS) is 15.5. The summed E-state index contributed by atoms with van der Waals surface area (Å²) >= 11 is 1.49. The van der Waals surface area contributed by atoms with Gasteiger partial charge < -0.3 is 9.64 Å². The Balaban J connectivity index is 1.24. The Hall–Kier alpha value is -4.52. The predicted octanol–water partition coefficient (Wildman–Crippen LogP) is 8.29. The van der Waals surface area contributed by atoms with Crippen LogP contribution in [0.5, 0.6) is 5.75 Å². The minimum absolute atomic E-state index is 0.278. The number of rotatable bonds is 8. The zero-order chi connectivity index (χ0) is 32.0. The van der Waals surface area contributed by atoms with Crippen LogP contribution in [0, 0.1) is 6.92 Å². The number of anilines is 1. The maximum Gasteiger partial charge on any atom is 0.573 e. The van der Waals surface area contributed by atoms with Crippen LogP contribution in [0.25, 0.3) is 17.1 Å². The molecule has 0 spiro atoms. The lowest BCUT2D eigenvalue weighted by atomic mass is 10.0. The average molecular weight is 639 g/mol. The van der Waals surface area contributed by atoms with Crippen LogP contribution >= 0.6 is 11.8 Å². The van der Waals surface area contributed by atoms with Gasteiger partial charge in [0.05, 0.1) is 5.69 Å². The standard InChI is InChI=1S/C32H30F4N6O2S/c1-3-5-23-7-6-21(2)18-28(23)41-16-4-17-45-31(41)39-30(43)37-19-27(33)22-8-10-24(11-9-22)29-38-20-42(40-29)25-12-14-26(15-13-25)44-32(34,35)36/h6-15,18-20,27H,3-5,16-17H2,1-2H3. The Morgan fingerprint density at radius 1 is 1.11 bits per heavy atom. The highest BCUT2D eigenvalue weighted by Crippen LogP contribution is 2.30. The number of amidine groups is 1. The number of ether oxygens (including phenoxy) is 1. The van der Waals surface area contributed by atoms with Crippen molar-refractivity contribution in [1.29, 1.82) is 0 Å². The second-order valence-electron chi connectivity index (χ2n) is 10.3. The Labute approximate surface area is 261 Å². The Kier molecular flexibility index (Phi) is 9.96. The van der Waals surface area contributed by atoms with Crippen LogP contribution in [-0.4, -0.2) is 50.8 Å². The number of carbonyl (C=O) groups excluding carboxylic acids is 1. The summed E-state index contributed by atoms with van der Waals surface area (Å²) in [5.74, 6) is 0.812. The molecule has 0 saturated carbocycles. The second kappa shape index (κ2) is 14.1. The third-order valence-electron chi connectivity index (χ3n) is 6.86. The highest BCUT2D eigenvalue weighted by Gasteiger charge is 2.31. The van der Waals surface area contributed by atoms with E-state index in [1.165, 1.54) is 64.7 Å². The van der Waals surface area contributed by atoms with Gasteiger partial charge >= 0.3 is 12.4 Å². The molecule has 45 heavy (non-hydrogen) atoms. The summed E-state index contributed by atoms with van der Waals surface area (Å²) in [6.45, 7) is 4.89. The molecule has 1 saturated heterocycles.